The van der Waals surface area contributed by atoms with Gasteiger partial charge in [0.2, 0.25) is 15.9 Å². The van der Waals surface area contributed by atoms with Crippen LogP contribution in [0.15, 0.2) is 23.1 Å². The number of amides is 1. The third kappa shape index (κ3) is 6.23. The molecule has 3 atom stereocenters. The van der Waals surface area contributed by atoms with Crippen LogP contribution in [0.4, 0.5) is 0 Å². The van der Waals surface area contributed by atoms with Crippen molar-refractivity contribution in [2.75, 3.05) is 40.5 Å². The van der Waals surface area contributed by atoms with E-state index in [1.807, 2.05) is 20.8 Å². The highest BCUT2D eigenvalue weighted by Gasteiger charge is 2.38. The smallest absolute Gasteiger partial charge is 0.248 e. The second-order valence-corrected chi connectivity index (χ2v) is 10.4. The number of carbonyl (C=O) groups excluding carboxylic acids is 1. The molecule has 9 heteroatoms. The molecule has 8 nitrogen and oxygen atoms in total. The number of benzene rings is 1. The summed E-state index contributed by atoms with van der Waals surface area (Å²) in [5, 5.41) is 9.70. The van der Waals surface area contributed by atoms with E-state index in [-0.39, 0.29) is 54.7 Å². The van der Waals surface area contributed by atoms with Gasteiger partial charge in [-0.3, -0.25) is 4.79 Å². The largest absolute Gasteiger partial charge is 0.487 e. The number of aliphatic hydroxyl groups is 1. The molecule has 1 aromatic rings. The van der Waals surface area contributed by atoms with E-state index in [9.17, 15) is 18.3 Å². The maximum absolute atomic E-state index is 13.4. The second kappa shape index (κ2) is 11.1. The molecule has 1 N–H and O–H groups in total. The molecule has 1 aliphatic rings. The first-order chi connectivity index (χ1) is 15.0. The molecule has 0 bridgehead atoms. The van der Waals surface area contributed by atoms with Crippen molar-refractivity contribution in [1.82, 2.24) is 9.21 Å². The number of rotatable bonds is 6. The van der Waals surface area contributed by atoms with E-state index >= 15 is 0 Å². The summed E-state index contributed by atoms with van der Waals surface area (Å²) in [6.45, 7) is 7.53. The molecule has 1 aromatic carbocycles. The molecule has 178 valence electrons. The predicted octanol–water partition coefficient (Wildman–Crippen LogP) is 1.57. The number of aliphatic hydroxyl groups excluding tert-OH is 1. The quantitative estimate of drug-likeness (QED) is 0.640. The summed E-state index contributed by atoms with van der Waals surface area (Å²) in [4.78, 5) is 13.8. The summed E-state index contributed by atoms with van der Waals surface area (Å²) >= 11 is 0. The molecule has 0 saturated carbocycles. The monoisotopic (exact) mass is 466 g/mol. The first-order valence-corrected chi connectivity index (χ1v) is 12.1. The van der Waals surface area contributed by atoms with Crippen LogP contribution in [0.3, 0.4) is 0 Å². The average molecular weight is 467 g/mol. The highest BCUT2D eigenvalue weighted by molar-refractivity contribution is 7.89. The zero-order valence-electron chi connectivity index (χ0n) is 19.7. The van der Waals surface area contributed by atoms with Gasteiger partial charge in [0.1, 0.15) is 23.4 Å². The van der Waals surface area contributed by atoms with Crippen LogP contribution in [0.5, 0.6) is 5.75 Å². The van der Waals surface area contributed by atoms with Gasteiger partial charge in [0, 0.05) is 44.1 Å². The van der Waals surface area contributed by atoms with Crippen LogP contribution in [-0.4, -0.2) is 81.2 Å². The van der Waals surface area contributed by atoms with E-state index in [2.05, 4.69) is 11.8 Å². The van der Waals surface area contributed by atoms with Gasteiger partial charge in [-0.15, -0.1) is 0 Å². The number of hydrogen-bond donors (Lipinski definition) is 1. The summed E-state index contributed by atoms with van der Waals surface area (Å²) < 4.78 is 39.3. The van der Waals surface area contributed by atoms with E-state index in [1.54, 1.807) is 26.1 Å². The number of fused-ring (bicyclic) bond motifs is 1. The Bertz CT molecular complexity index is 966. The predicted molar refractivity (Wildman–Crippen MR) is 122 cm³/mol. The van der Waals surface area contributed by atoms with Crippen LogP contribution in [0.25, 0.3) is 0 Å². The molecule has 2 rings (SSSR count). The van der Waals surface area contributed by atoms with Crippen molar-refractivity contribution in [2.24, 2.45) is 11.8 Å². The van der Waals surface area contributed by atoms with Gasteiger partial charge in [-0.2, -0.15) is 4.31 Å². The molecule has 1 amide bonds. The summed E-state index contributed by atoms with van der Waals surface area (Å²) in [5.41, 5.74) is 0.644. The molecular weight excluding hydrogens is 432 g/mol. The Hall–Kier alpha value is -2.12. The van der Waals surface area contributed by atoms with Crippen LogP contribution >= 0.6 is 0 Å². The standard InChI is InChI=1S/C23H34N2O6S/c1-16(2)7-8-19-9-10-22-20(11-19)31-21(13-24(5)23(27)15-30-6)17(3)12-25(18(4)14-26)32(22,28)29/h9-11,16-18,21,26H,12-15H2,1-6H3/t17-,18-,21+/m1/s1. The zero-order chi connectivity index (χ0) is 24.1. The van der Waals surface area contributed by atoms with E-state index in [0.29, 0.717) is 5.56 Å². The third-order valence-electron chi connectivity index (χ3n) is 5.32. The summed E-state index contributed by atoms with van der Waals surface area (Å²) in [7, 11) is -0.799. The number of carbonyl (C=O) groups is 1. The van der Waals surface area contributed by atoms with Crippen molar-refractivity contribution in [1.29, 1.82) is 0 Å². The zero-order valence-corrected chi connectivity index (χ0v) is 20.5. The Labute approximate surface area is 191 Å². The Kier molecular flexibility index (Phi) is 9.10. The van der Waals surface area contributed by atoms with Gasteiger partial charge in [0.25, 0.3) is 0 Å². The minimum Gasteiger partial charge on any atom is -0.487 e. The average Bonchev–Trinajstić information content (AvgIpc) is 2.74. The summed E-state index contributed by atoms with van der Waals surface area (Å²) in [5.74, 6) is 6.02. The van der Waals surface area contributed by atoms with Gasteiger partial charge in [-0.1, -0.05) is 32.6 Å². The molecule has 32 heavy (non-hydrogen) atoms. The molecule has 0 radical (unpaired) electrons. The Morgan fingerprint density at radius 2 is 2.06 bits per heavy atom. The van der Waals surface area contributed by atoms with Crippen LogP contribution < -0.4 is 4.74 Å². The summed E-state index contributed by atoms with van der Waals surface area (Å²) in [6, 6.07) is 4.18. The number of methoxy groups -OCH3 is 1. The van der Waals surface area contributed by atoms with Crippen LogP contribution in [-0.2, 0) is 19.6 Å². The lowest BCUT2D eigenvalue weighted by Gasteiger charge is -2.37. The van der Waals surface area contributed by atoms with Gasteiger partial charge in [-0.05, 0) is 25.1 Å². The van der Waals surface area contributed by atoms with Gasteiger partial charge in [0.05, 0.1) is 13.2 Å². The van der Waals surface area contributed by atoms with Gasteiger partial charge < -0.3 is 19.5 Å². The van der Waals surface area contributed by atoms with Gasteiger partial charge in [0.15, 0.2) is 0 Å². The van der Waals surface area contributed by atoms with Gasteiger partial charge >= 0.3 is 0 Å². The lowest BCUT2D eigenvalue weighted by molar-refractivity contribution is -0.135. The number of hydrogen-bond acceptors (Lipinski definition) is 6. The van der Waals surface area contributed by atoms with E-state index in [1.165, 1.54) is 22.4 Å². The maximum atomic E-state index is 13.4. The van der Waals surface area contributed by atoms with Crippen molar-refractivity contribution in [3.05, 3.63) is 23.8 Å². The number of likely N-dealkylation sites (N-methyl/N-ethyl adjacent to an activating group) is 1. The van der Waals surface area contributed by atoms with Gasteiger partial charge in [-0.25, -0.2) is 8.42 Å². The number of ether oxygens (including phenoxy) is 2. The minimum absolute atomic E-state index is 0.0238. The lowest BCUT2D eigenvalue weighted by atomic mass is 10.0. The molecule has 1 aliphatic heterocycles. The molecule has 0 saturated heterocycles. The Morgan fingerprint density at radius 1 is 1.38 bits per heavy atom. The second-order valence-electron chi connectivity index (χ2n) is 8.53. The van der Waals surface area contributed by atoms with E-state index in [4.69, 9.17) is 9.47 Å². The lowest BCUT2D eigenvalue weighted by Crippen LogP contribution is -2.50. The van der Waals surface area contributed by atoms with Crippen LogP contribution in [0.1, 0.15) is 33.3 Å². The molecular formula is C23H34N2O6S. The molecule has 0 aliphatic carbocycles. The van der Waals surface area contributed by atoms with Crippen molar-refractivity contribution in [3.63, 3.8) is 0 Å². The molecule has 1 heterocycles. The van der Waals surface area contributed by atoms with Crippen LogP contribution in [0.2, 0.25) is 0 Å². The van der Waals surface area contributed by atoms with Crippen molar-refractivity contribution < 1.29 is 27.8 Å². The van der Waals surface area contributed by atoms with E-state index in [0.717, 1.165) is 0 Å². The highest BCUT2D eigenvalue weighted by Crippen LogP contribution is 2.34. The maximum Gasteiger partial charge on any atom is 0.248 e. The highest BCUT2D eigenvalue weighted by atomic mass is 32.2. The molecule has 0 aromatic heterocycles. The fourth-order valence-electron chi connectivity index (χ4n) is 3.35. The Morgan fingerprint density at radius 3 is 2.66 bits per heavy atom. The van der Waals surface area contributed by atoms with Crippen LogP contribution in [0, 0.1) is 23.7 Å². The minimum atomic E-state index is -3.91. The summed E-state index contributed by atoms with van der Waals surface area (Å²) in [6.07, 6.45) is -0.475. The van der Waals surface area contributed by atoms with Crippen molar-refractivity contribution in [3.8, 4) is 17.6 Å². The molecule has 0 unspecified atom stereocenters. The topological polar surface area (TPSA) is 96.4 Å². The molecule has 0 spiro atoms. The molecule has 0 fully saturated rings. The van der Waals surface area contributed by atoms with Crippen molar-refractivity contribution in [2.45, 2.75) is 44.7 Å². The first-order valence-electron chi connectivity index (χ1n) is 10.7. The number of sulfonamides is 1. The van der Waals surface area contributed by atoms with Crippen molar-refractivity contribution >= 4 is 15.9 Å². The third-order valence-corrected chi connectivity index (χ3v) is 7.34. The number of nitrogens with zero attached hydrogens (tertiary/aromatic N) is 2. The Balaban J connectivity index is 2.55. The van der Waals surface area contributed by atoms with E-state index < -0.39 is 22.2 Å². The fourth-order valence-corrected chi connectivity index (χ4v) is 5.18. The SMILES string of the molecule is COCC(=O)N(C)C[C@@H]1Oc2cc(C#CC(C)C)ccc2S(=O)(=O)N([C@H](C)CO)C[C@H]1C. The normalized spacial score (nSPS) is 21.4. The fraction of sp³-hybridized carbons (Fsp3) is 0.609. The first kappa shape index (κ1) is 26.1.